The summed E-state index contributed by atoms with van der Waals surface area (Å²) in [5, 5.41) is 0. The highest BCUT2D eigenvalue weighted by atomic mass is 16.5. The van der Waals surface area contributed by atoms with Crippen LogP contribution in [-0.2, 0) is 4.74 Å². The molecule has 1 aromatic carbocycles. The topological polar surface area (TPSA) is 65.5 Å². The number of benzene rings is 1. The summed E-state index contributed by atoms with van der Waals surface area (Å²) in [7, 11) is 1.29. The van der Waals surface area contributed by atoms with E-state index in [0.29, 0.717) is 16.9 Å². The molecule has 0 unspecified atom stereocenters. The molecule has 2 heterocycles. The third kappa shape index (κ3) is 2.41. The zero-order valence-electron chi connectivity index (χ0n) is 11.2. The number of allylic oxidation sites excluding steroid dienone is 1. The first-order valence-electron chi connectivity index (χ1n) is 6.25. The average molecular weight is 281 g/mol. The van der Waals surface area contributed by atoms with E-state index in [2.05, 4.69) is 9.72 Å². The van der Waals surface area contributed by atoms with Gasteiger partial charge in [-0.2, -0.15) is 0 Å². The summed E-state index contributed by atoms with van der Waals surface area (Å²) in [6.07, 6.45) is 4.90. The van der Waals surface area contributed by atoms with Gasteiger partial charge in [0.15, 0.2) is 5.76 Å². The molecule has 3 rings (SSSR count). The second-order valence-electron chi connectivity index (χ2n) is 4.43. The number of esters is 1. The Hall–Kier alpha value is -2.95. The number of Topliss-reactive ketones (excluding diaryl/α,β-unsaturated/α-hetero) is 1. The van der Waals surface area contributed by atoms with Gasteiger partial charge >= 0.3 is 5.97 Å². The number of ketones is 1. The third-order valence-corrected chi connectivity index (χ3v) is 3.07. The molecule has 5 heteroatoms. The summed E-state index contributed by atoms with van der Waals surface area (Å²) in [6, 6.07) is 8.22. The van der Waals surface area contributed by atoms with Crippen molar-refractivity contribution in [3.63, 3.8) is 0 Å². The van der Waals surface area contributed by atoms with E-state index >= 15 is 0 Å². The Balaban J connectivity index is 1.96. The van der Waals surface area contributed by atoms with Crippen molar-refractivity contribution in [3.8, 4) is 5.75 Å². The molecule has 104 valence electrons. The number of carbonyl (C=O) groups is 2. The maximum absolute atomic E-state index is 12.3. The Bertz CT molecular complexity index is 750. The summed E-state index contributed by atoms with van der Waals surface area (Å²) in [4.78, 5) is 27.8. The minimum absolute atomic E-state index is 0.208. The number of fused-ring (bicyclic) bond motifs is 1. The molecule has 0 aliphatic carbocycles. The molecule has 1 aromatic heterocycles. The summed E-state index contributed by atoms with van der Waals surface area (Å²) >= 11 is 0. The molecular formula is C16H11NO4. The van der Waals surface area contributed by atoms with Crippen LogP contribution < -0.4 is 4.74 Å². The van der Waals surface area contributed by atoms with Crippen molar-refractivity contribution in [1.29, 1.82) is 0 Å². The predicted molar refractivity (Wildman–Crippen MR) is 75.0 cm³/mol. The van der Waals surface area contributed by atoms with Crippen molar-refractivity contribution in [1.82, 2.24) is 4.98 Å². The molecule has 0 fully saturated rings. The van der Waals surface area contributed by atoms with Crippen molar-refractivity contribution in [2.75, 3.05) is 7.11 Å². The minimum atomic E-state index is -0.490. The zero-order valence-corrected chi connectivity index (χ0v) is 11.2. The lowest BCUT2D eigenvalue weighted by Gasteiger charge is -2.00. The summed E-state index contributed by atoms with van der Waals surface area (Å²) in [5.74, 6) is -0.113. The smallest absolute Gasteiger partial charge is 0.337 e. The number of aromatic nitrogens is 1. The maximum Gasteiger partial charge on any atom is 0.337 e. The highest BCUT2D eigenvalue weighted by Crippen LogP contribution is 2.32. The van der Waals surface area contributed by atoms with E-state index in [1.54, 1.807) is 36.7 Å². The molecule has 0 saturated heterocycles. The monoisotopic (exact) mass is 281 g/mol. The van der Waals surface area contributed by atoms with Crippen molar-refractivity contribution < 1.29 is 19.1 Å². The van der Waals surface area contributed by atoms with E-state index in [-0.39, 0.29) is 11.5 Å². The molecule has 1 aliphatic heterocycles. The first-order valence-corrected chi connectivity index (χ1v) is 6.25. The van der Waals surface area contributed by atoms with E-state index < -0.39 is 5.97 Å². The van der Waals surface area contributed by atoms with Gasteiger partial charge in [0.05, 0.1) is 18.2 Å². The summed E-state index contributed by atoms with van der Waals surface area (Å²) in [5.41, 5.74) is 1.44. The van der Waals surface area contributed by atoms with Crippen molar-refractivity contribution >= 4 is 17.8 Å². The van der Waals surface area contributed by atoms with Crippen LogP contribution >= 0.6 is 0 Å². The Morgan fingerprint density at radius 3 is 2.90 bits per heavy atom. The predicted octanol–water partition coefficient (Wildman–Crippen LogP) is 2.48. The van der Waals surface area contributed by atoms with Crippen LogP contribution in [0.4, 0.5) is 0 Å². The lowest BCUT2D eigenvalue weighted by Crippen LogP contribution is -2.02. The second kappa shape index (κ2) is 5.20. The van der Waals surface area contributed by atoms with E-state index in [4.69, 9.17) is 4.74 Å². The highest BCUT2D eigenvalue weighted by molar-refractivity contribution is 6.15. The first-order chi connectivity index (χ1) is 10.2. The van der Waals surface area contributed by atoms with Crippen LogP contribution in [0.2, 0.25) is 0 Å². The minimum Gasteiger partial charge on any atom is -0.465 e. The third-order valence-electron chi connectivity index (χ3n) is 3.07. The van der Waals surface area contributed by atoms with Crippen molar-refractivity contribution in [2.24, 2.45) is 0 Å². The largest absolute Gasteiger partial charge is 0.465 e. The number of methoxy groups -OCH3 is 1. The fraction of sp³-hybridized carbons (Fsp3) is 0.0625. The van der Waals surface area contributed by atoms with Crippen LogP contribution in [0.1, 0.15) is 26.3 Å². The van der Waals surface area contributed by atoms with E-state index in [1.807, 2.05) is 6.07 Å². The van der Waals surface area contributed by atoms with Crippen LogP contribution in [0.15, 0.2) is 48.5 Å². The molecule has 0 saturated carbocycles. The molecule has 21 heavy (non-hydrogen) atoms. The van der Waals surface area contributed by atoms with E-state index in [1.165, 1.54) is 13.2 Å². The van der Waals surface area contributed by atoms with Gasteiger partial charge in [-0.15, -0.1) is 0 Å². The fourth-order valence-corrected chi connectivity index (χ4v) is 2.05. The molecule has 2 aromatic rings. The van der Waals surface area contributed by atoms with Crippen LogP contribution in [0, 0.1) is 0 Å². The Labute approximate surface area is 120 Å². The van der Waals surface area contributed by atoms with Crippen LogP contribution in [0.3, 0.4) is 0 Å². The lowest BCUT2D eigenvalue weighted by atomic mass is 10.1. The Morgan fingerprint density at radius 2 is 2.19 bits per heavy atom. The Kier molecular flexibility index (Phi) is 3.23. The van der Waals surface area contributed by atoms with Crippen LogP contribution in [-0.4, -0.2) is 23.8 Å². The van der Waals surface area contributed by atoms with Crippen LogP contribution in [0.5, 0.6) is 5.75 Å². The Morgan fingerprint density at radius 1 is 1.33 bits per heavy atom. The number of hydrogen-bond acceptors (Lipinski definition) is 5. The fourth-order valence-electron chi connectivity index (χ4n) is 2.05. The van der Waals surface area contributed by atoms with Gasteiger partial charge in [-0.25, -0.2) is 4.79 Å². The number of rotatable bonds is 2. The average Bonchev–Trinajstić information content (AvgIpc) is 2.83. The van der Waals surface area contributed by atoms with Gasteiger partial charge in [0, 0.05) is 12.4 Å². The molecule has 0 bridgehead atoms. The second-order valence-corrected chi connectivity index (χ2v) is 4.43. The summed E-state index contributed by atoms with van der Waals surface area (Å²) in [6.45, 7) is 0. The number of ether oxygens (including phenoxy) is 2. The van der Waals surface area contributed by atoms with Crippen molar-refractivity contribution in [3.05, 3.63) is 65.2 Å². The van der Waals surface area contributed by atoms with Gasteiger partial charge in [-0.1, -0.05) is 6.07 Å². The van der Waals surface area contributed by atoms with Crippen LogP contribution in [0.25, 0.3) is 6.08 Å². The zero-order chi connectivity index (χ0) is 14.8. The number of hydrogen-bond donors (Lipinski definition) is 0. The molecule has 1 aliphatic rings. The van der Waals surface area contributed by atoms with Gasteiger partial charge in [0.1, 0.15) is 5.75 Å². The van der Waals surface area contributed by atoms with Crippen molar-refractivity contribution in [2.45, 2.75) is 0 Å². The molecule has 0 N–H and O–H groups in total. The molecular weight excluding hydrogens is 270 g/mol. The number of pyridine rings is 1. The lowest BCUT2D eigenvalue weighted by molar-refractivity contribution is 0.0600. The standard InChI is InChI=1S/C16H11NO4/c1-20-16(19)11-4-5-13-12(8-11)15(18)14(21-13)7-10-3-2-6-17-9-10/h2-9H,1H3/b14-7-. The van der Waals surface area contributed by atoms with Gasteiger partial charge < -0.3 is 9.47 Å². The van der Waals surface area contributed by atoms with E-state index in [9.17, 15) is 9.59 Å². The molecule has 0 radical (unpaired) electrons. The summed E-state index contributed by atoms with van der Waals surface area (Å²) < 4.78 is 10.2. The van der Waals surface area contributed by atoms with Gasteiger partial charge in [-0.3, -0.25) is 9.78 Å². The molecule has 5 nitrogen and oxygen atoms in total. The molecule has 0 amide bonds. The highest BCUT2D eigenvalue weighted by Gasteiger charge is 2.28. The maximum atomic E-state index is 12.3. The number of nitrogens with zero attached hydrogens (tertiary/aromatic N) is 1. The molecule has 0 atom stereocenters. The van der Waals surface area contributed by atoms with Gasteiger partial charge in [0.25, 0.3) is 0 Å². The van der Waals surface area contributed by atoms with Gasteiger partial charge in [-0.05, 0) is 35.9 Å². The quantitative estimate of drug-likeness (QED) is 0.625. The van der Waals surface area contributed by atoms with Gasteiger partial charge in [0.2, 0.25) is 5.78 Å². The first kappa shape index (κ1) is 13.1. The SMILES string of the molecule is COC(=O)c1ccc2c(c1)C(=O)/C(=C/c1cccnc1)O2. The molecule has 0 spiro atoms. The number of carbonyl (C=O) groups excluding carboxylic acids is 2. The normalized spacial score (nSPS) is 14.7. The van der Waals surface area contributed by atoms with E-state index in [0.717, 1.165) is 5.56 Å².